The van der Waals surface area contributed by atoms with E-state index in [-0.39, 0.29) is 5.82 Å². The van der Waals surface area contributed by atoms with Gasteiger partial charge in [-0.25, -0.2) is 4.39 Å². The van der Waals surface area contributed by atoms with Crippen molar-refractivity contribution >= 4 is 23.4 Å². The highest BCUT2D eigenvalue weighted by molar-refractivity contribution is 7.99. The Hall–Kier alpha value is -0.250. The van der Waals surface area contributed by atoms with Crippen LogP contribution in [0, 0.1) is 5.82 Å². The van der Waals surface area contributed by atoms with Crippen LogP contribution in [0.15, 0.2) is 18.2 Å². The fourth-order valence-corrected chi connectivity index (χ4v) is 3.64. The van der Waals surface area contributed by atoms with Crippen LogP contribution in [0.1, 0.15) is 31.2 Å². The molecule has 1 aromatic carbocycles. The van der Waals surface area contributed by atoms with Crippen molar-refractivity contribution in [2.45, 2.75) is 43.5 Å². The molecule has 18 heavy (non-hydrogen) atoms. The SMILES string of the molecule is CSC1CCCCC1NCc1ccc(Cl)cc1F. The van der Waals surface area contributed by atoms with Gasteiger partial charge in [0, 0.05) is 28.4 Å². The van der Waals surface area contributed by atoms with Gasteiger partial charge in [0.05, 0.1) is 0 Å². The molecule has 0 amide bonds. The minimum atomic E-state index is -0.216. The highest BCUT2D eigenvalue weighted by atomic mass is 35.5. The number of rotatable bonds is 4. The second-order valence-electron chi connectivity index (χ2n) is 4.78. The summed E-state index contributed by atoms with van der Waals surface area (Å²) in [5, 5.41) is 4.61. The highest BCUT2D eigenvalue weighted by Gasteiger charge is 2.23. The average molecular weight is 288 g/mol. The molecule has 1 saturated carbocycles. The van der Waals surface area contributed by atoms with Crippen LogP contribution in [-0.4, -0.2) is 17.5 Å². The molecule has 1 aromatic rings. The fourth-order valence-electron chi connectivity index (χ4n) is 2.52. The predicted molar refractivity (Wildman–Crippen MR) is 77.8 cm³/mol. The number of hydrogen-bond acceptors (Lipinski definition) is 2. The van der Waals surface area contributed by atoms with Gasteiger partial charge in [0.2, 0.25) is 0 Å². The van der Waals surface area contributed by atoms with Gasteiger partial charge in [-0.15, -0.1) is 0 Å². The Bertz CT molecular complexity index is 399. The predicted octanol–water partition coefficient (Wildman–Crippen LogP) is 4.24. The van der Waals surface area contributed by atoms with Gasteiger partial charge in [-0.1, -0.05) is 30.5 Å². The second kappa shape index (κ2) is 6.78. The Balaban J connectivity index is 1.93. The summed E-state index contributed by atoms with van der Waals surface area (Å²) in [4.78, 5) is 0. The second-order valence-corrected chi connectivity index (χ2v) is 6.30. The molecule has 4 heteroatoms. The van der Waals surface area contributed by atoms with E-state index in [1.807, 2.05) is 11.8 Å². The molecule has 0 saturated heterocycles. The molecule has 0 aromatic heterocycles. The zero-order valence-corrected chi connectivity index (χ0v) is 12.2. The van der Waals surface area contributed by atoms with Crippen molar-refractivity contribution in [3.05, 3.63) is 34.6 Å². The molecule has 1 N–H and O–H groups in total. The number of hydrogen-bond donors (Lipinski definition) is 1. The van der Waals surface area contributed by atoms with E-state index in [0.717, 1.165) is 0 Å². The summed E-state index contributed by atoms with van der Waals surface area (Å²) in [5.41, 5.74) is 0.699. The van der Waals surface area contributed by atoms with Crippen molar-refractivity contribution in [2.24, 2.45) is 0 Å². The lowest BCUT2D eigenvalue weighted by Crippen LogP contribution is -2.40. The average Bonchev–Trinajstić information content (AvgIpc) is 2.38. The molecule has 1 aliphatic rings. The molecule has 1 fully saturated rings. The summed E-state index contributed by atoms with van der Waals surface area (Å²) in [6.45, 7) is 0.588. The minimum Gasteiger partial charge on any atom is -0.309 e. The minimum absolute atomic E-state index is 0.216. The smallest absolute Gasteiger partial charge is 0.129 e. The van der Waals surface area contributed by atoms with Gasteiger partial charge in [-0.2, -0.15) is 11.8 Å². The molecule has 0 heterocycles. The summed E-state index contributed by atoms with van der Waals surface area (Å²) in [7, 11) is 0. The molecule has 2 atom stereocenters. The molecule has 0 spiro atoms. The van der Waals surface area contributed by atoms with Gasteiger partial charge in [-0.3, -0.25) is 0 Å². The van der Waals surface area contributed by atoms with Crippen LogP contribution in [0.5, 0.6) is 0 Å². The normalized spacial score (nSPS) is 24.2. The van der Waals surface area contributed by atoms with Crippen molar-refractivity contribution in [3.8, 4) is 0 Å². The molecular weight excluding hydrogens is 269 g/mol. The monoisotopic (exact) mass is 287 g/mol. The van der Waals surface area contributed by atoms with Crippen LogP contribution < -0.4 is 5.32 Å². The van der Waals surface area contributed by atoms with Crippen LogP contribution in [0.3, 0.4) is 0 Å². The third-order valence-corrected chi connectivity index (χ3v) is 4.98. The maximum Gasteiger partial charge on any atom is 0.129 e. The number of benzene rings is 1. The van der Waals surface area contributed by atoms with Crippen molar-refractivity contribution < 1.29 is 4.39 Å². The van der Waals surface area contributed by atoms with E-state index >= 15 is 0 Å². The zero-order valence-electron chi connectivity index (χ0n) is 10.6. The zero-order chi connectivity index (χ0) is 13.0. The lowest BCUT2D eigenvalue weighted by molar-refractivity contribution is 0.380. The first-order valence-electron chi connectivity index (χ1n) is 6.41. The maximum absolute atomic E-state index is 13.7. The highest BCUT2D eigenvalue weighted by Crippen LogP contribution is 2.27. The Labute approximate surface area is 117 Å². The molecule has 2 unspecified atom stereocenters. The van der Waals surface area contributed by atoms with E-state index in [4.69, 9.17) is 11.6 Å². The van der Waals surface area contributed by atoms with E-state index in [0.29, 0.717) is 28.4 Å². The molecule has 2 rings (SSSR count). The fraction of sp³-hybridized carbons (Fsp3) is 0.571. The van der Waals surface area contributed by atoms with Crippen molar-refractivity contribution in [3.63, 3.8) is 0 Å². The van der Waals surface area contributed by atoms with Gasteiger partial charge >= 0.3 is 0 Å². The van der Waals surface area contributed by atoms with Crippen LogP contribution in [0.4, 0.5) is 4.39 Å². The third kappa shape index (κ3) is 3.62. The van der Waals surface area contributed by atoms with Crippen LogP contribution in [0.25, 0.3) is 0 Å². The largest absolute Gasteiger partial charge is 0.309 e. The summed E-state index contributed by atoms with van der Waals surface area (Å²) < 4.78 is 13.7. The summed E-state index contributed by atoms with van der Waals surface area (Å²) in [5.74, 6) is -0.216. The number of nitrogens with one attached hydrogen (secondary N) is 1. The van der Waals surface area contributed by atoms with Gasteiger partial charge < -0.3 is 5.32 Å². The standard InChI is InChI=1S/C14H19ClFNS/c1-18-14-5-3-2-4-13(14)17-9-10-6-7-11(15)8-12(10)16/h6-8,13-14,17H,2-5,9H2,1H3. The first-order chi connectivity index (χ1) is 8.70. The molecule has 1 nitrogen and oxygen atoms in total. The van der Waals surface area contributed by atoms with E-state index in [9.17, 15) is 4.39 Å². The van der Waals surface area contributed by atoms with Gasteiger partial charge in [0.25, 0.3) is 0 Å². The van der Waals surface area contributed by atoms with E-state index in [1.165, 1.54) is 31.7 Å². The van der Waals surface area contributed by atoms with E-state index < -0.39 is 0 Å². The topological polar surface area (TPSA) is 12.0 Å². The van der Waals surface area contributed by atoms with Gasteiger partial charge in [-0.05, 0) is 31.2 Å². The lowest BCUT2D eigenvalue weighted by atomic mass is 9.94. The maximum atomic E-state index is 13.7. The lowest BCUT2D eigenvalue weighted by Gasteiger charge is -2.31. The first kappa shape index (κ1) is 14.2. The van der Waals surface area contributed by atoms with Crippen molar-refractivity contribution in [2.75, 3.05) is 6.26 Å². The number of thioether (sulfide) groups is 1. The Kier molecular flexibility index (Phi) is 5.34. The summed E-state index contributed by atoms with van der Waals surface area (Å²) in [6.07, 6.45) is 7.22. The van der Waals surface area contributed by atoms with Gasteiger partial charge in [0.15, 0.2) is 0 Å². The Morgan fingerprint density at radius 3 is 2.89 bits per heavy atom. The summed E-state index contributed by atoms with van der Waals surface area (Å²) in [6, 6.07) is 5.39. The molecule has 0 aliphatic heterocycles. The quantitative estimate of drug-likeness (QED) is 0.889. The van der Waals surface area contributed by atoms with Crippen molar-refractivity contribution in [1.29, 1.82) is 0 Å². The van der Waals surface area contributed by atoms with Crippen LogP contribution in [0.2, 0.25) is 5.02 Å². The van der Waals surface area contributed by atoms with E-state index in [2.05, 4.69) is 11.6 Å². The molecular formula is C14H19ClFNS. The molecule has 0 radical (unpaired) electrons. The Morgan fingerprint density at radius 1 is 1.39 bits per heavy atom. The van der Waals surface area contributed by atoms with Crippen LogP contribution >= 0.6 is 23.4 Å². The first-order valence-corrected chi connectivity index (χ1v) is 8.07. The number of halogens is 2. The summed E-state index contributed by atoms with van der Waals surface area (Å²) >= 11 is 7.67. The molecule has 100 valence electrons. The van der Waals surface area contributed by atoms with Crippen LogP contribution in [-0.2, 0) is 6.54 Å². The Morgan fingerprint density at radius 2 is 2.17 bits per heavy atom. The molecule has 0 bridgehead atoms. The van der Waals surface area contributed by atoms with E-state index in [1.54, 1.807) is 12.1 Å². The van der Waals surface area contributed by atoms with Gasteiger partial charge in [0.1, 0.15) is 5.82 Å². The third-order valence-electron chi connectivity index (χ3n) is 3.58. The van der Waals surface area contributed by atoms with Crippen molar-refractivity contribution in [1.82, 2.24) is 5.32 Å². The molecule has 1 aliphatic carbocycles.